The van der Waals surface area contributed by atoms with Gasteiger partial charge in [-0.25, -0.2) is 8.42 Å². The minimum absolute atomic E-state index is 0. The molecule has 0 atom stereocenters. The summed E-state index contributed by atoms with van der Waals surface area (Å²) in [6.45, 7) is 1.61. The molecule has 1 saturated heterocycles. The fraction of sp³-hybridized carbons (Fsp3) is 0.647. The summed E-state index contributed by atoms with van der Waals surface area (Å²) in [5, 5.41) is 3.63. The number of halogens is 2. The standard InChI is InChI=1S/C17H25ClN2O3S.ClH/c1-19-15-7-9-20(10-8-15)24(21,22)17-11-14(18)5-6-16(17)23-12-13-3-2-4-13;/h5-6,11,13,15,19H,2-4,7-10,12H2,1H3;1H. The van der Waals surface area contributed by atoms with Crippen LogP contribution in [0.1, 0.15) is 32.1 Å². The molecule has 1 aliphatic carbocycles. The Balaban J connectivity index is 0.00000225. The van der Waals surface area contributed by atoms with E-state index in [0.29, 0.717) is 42.4 Å². The Hall–Kier alpha value is -0.530. The molecule has 1 aromatic rings. The number of benzene rings is 1. The van der Waals surface area contributed by atoms with E-state index >= 15 is 0 Å². The molecule has 0 radical (unpaired) electrons. The second-order valence-corrected chi connectivity index (χ2v) is 9.01. The van der Waals surface area contributed by atoms with Gasteiger partial charge in [0.2, 0.25) is 10.0 Å². The minimum Gasteiger partial charge on any atom is -0.492 e. The zero-order valence-electron chi connectivity index (χ0n) is 14.4. The van der Waals surface area contributed by atoms with Crippen molar-refractivity contribution in [1.29, 1.82) is 0 Å². The molecule has 0 spiro atoms. The summed E-state index contributed by atoms with van der Waals surface area (Å²) in [5.41, 5.74) is 0. The number of ether oxygens (including phenoxy) is 1. The first-order chi connectivity index (χ1) is 11.5. The second-order valence-electron chi connectivity index (χ2n) is 6.67. The number of piperidine rings is 1. The van der Waals surface area contributed by atoms with Gasteiger partial charge in [-0.2, -0.15) is 4.31 Å². The summed E-state index contributed by atoms with van der Waals surface area (Å²) < 4.78 is 33.5. The smallest absolute Gasteiger partial charge is 0.246 e. The molecule has 5 nitrogen and oxygen atoms in total. The lowest BCUT2D eigenvalue weighted by molar-refractivity contribution is 0.177. The van der Waals surface area contributed by atoms with Crippen LogP contribution in [0, 0.1) is 5.92 Å². The minimum atomic E-state index is -3.59. The third kappa shape index (κ3) is 4.80. The van der Waals surface area contributed by atoms with E-state index in [2.05, 4.69) is 5.32 Å². The summed E-state index contributed by atoms with van der Waals surface area (Å²) in [6, 6.07) is 5.25. The van der Waals surface area contributed by atoms with Crippen LogP contribution in [0.25, 0.3) is 0 Å². The van der Waals surface area contributed by atoms with Crippen LogP contribution in [0.3, 0.4) is 0 Å². The van der Waals surface area contributed by atoms with Crippen molar-refractivity contribution < 1.29 is 13.2 Å². The molecule has 2 aliphatic rings. The van der Waals surface area contributed by atoms with Crippen molar-refractivity contribution in [2.75, 3.05) is 26.7 Å². The summed E-state index contributed by atoms with van der Waals surface area (Å²) >= 11 is 6.06. The van der Waals surface area contributed by atoms with E-state index in [1.807, 2.05) is 7.05 Å². The van der Waals surface area contributed by atoms with Gasteiger partial charge in [-0.1, -0.05) is 18.0 Å². The molecule has 142 valence electrons. The predicted molar refractivity (Wildman–Crippen MR) is 102 cm³/mol. The molecule has 3 rings (SSSR count). The second kappa shape index (κ2) is 8.91. The molecule has 0 bridgehead atoms. The highest BCUT2D eigenvalue weighted by Crippen LogP contribution is 2.33. The Morgan fingerprint density at radius 2 is 1.92 bits per heavy atom. The fourth-order valence-corrected chi connectivity index (χ4v) is 5.06. The average Bonchev–Trinajstić information content (AvgIpc) is 2.54. The van der Waals surface area contributed by atoms with Crippen molar-refractivity contribution in [3.8, 4) is 5.75 Å². The van der Waals surface area contributed by atoms with Gasteiger partial charge in [0.05, 0.1) is 6.61 Å². The van der Waals surface area contributed by atoms with Crippen molar-refractivity contribution in [2.45, 2.75) is 43.0 Å². The molecule has 1 heterocycles. The Labute approximate surface area is 161 Å². The van der Waals surface area contributed by atoms with E-state index in [-0.39, 0.29) is 17.3 Å². The molecule has 1 aliphatic heterocycles. The highest BCUT2D eigenvalue weighted by Gasteiger charge is 2.31. The fourth-order valence-electron chi connectivity index (χ4n) is 3.19. The highest BCUT2D eigenvalue weighted by molar-refractivity contribution is 7.89. The number of nitrogens with one attached hydrogen (secondary N) is 1. The lowest BCUT2D eigenvalue weighted by atomic mass is 9.86. The monoisotopic (exact) mass is 408 g/mol. The maximum Gasteiger partial charge on any atom is 0.246 e. The van der Waals surface area contributed by atoms with Crippen LogP contribution in [0.15, 0.2) is 23.1 Å². The Morgan fingerprint density at radius 1 is 1.24 bits per heavy atom. The number of hydrogen-bond donors (Lipinski definition) is 1. The molecular weight excluding hydrogens is 383 g/mol. The molecule has 0 amide bonds. The molecule has 1 N–H and O–H groups in total. The number of hydrogen-bond acceptors (Lipinski definition) is 4. The van der Waals surface area contributed by atoms with E-state index in [4.69, 9.17) is 16.3 Å². The van der Waals surface area contributed by atoms with Crippen molar-refractivity contribution in [3.63, 3.8) is 0 Å². The molecule has 0 unspecified atom stereocenters. The van der Waals surface area contributed by atoms with Gasteiger partial charge >= 0.3 is 0 Å². The first-order valence-corrected chi connectivity index (χ1v) is 10.4. The van der Waals surface area contributed by atoms with Crippen LogP contribution in [0.2, 0.25) is 5.02 Å². The van der Waals surface area contributed by atoms with Crippen molar-refractivity contribution in [2.24, 2.45) is 5.92 Å². The van der Waals surface area contributed by atoms with Crippen molar-refractivity contribution >= 4 is 34.0 Å². The SMILES string of the molecule is CNC1CCN(S(=O)(=O)c2cc(Cl)ccc2OCC2CCC2)CC1.Cl. The van der Waals surface area contributed by atoms with Gasteiger partial charge in [0.15, 0.2) is 0 Å². The maximum absolute atomic E-state index is 13.1. The molecule has 25 heavy (non-hydrogen) atoms. The number of rotatable bonds is 6. The van der Waals surface area contributed by atoms with Crippen LogP contribution < -0.4 is 10.1 Å². The normalized spacial score (nSPS) is 19.9. The third-order valence-electron chi connectivity index (χ3n) is 5.09. The summed E-state index contributed by atoms with van der Waals surface area (Å²) in [6.07, 6.45) is 5.18. The number of nitrogens with zero attached hydrogens (tertiary/aromatic N) is 1. The topological polar surface area (TPSA) is 58.6 Å². The summed E-state index contributed by atoms with van der Waals surface area (Å²) in [5.74, 6) is 0.963. The number of sulfonamides is 1. The van der Waals surface area contributed by atoms with Crippen LogP contribution in [-0.2, 0) is 10.0 Å². The maximum atomic E-state index is 13.1. The van der Waals surface area contributed by atoms with E-state index in [1.165, 1.54) is 12.5 Å². The molecule has 1 aromatic carbocycles. The molecule has 1 saturated carbocycles. The van der Waals surface area contributed by atoms with E-state index in [0.717, 1.165) is 25.7 Å². The predicted octanol–water partition coefficient (Wildman–Crippen LogP) is 3.31. The van der Waals surface area contributed by atoms with Gasteiger partial charge < -0.3 is 10.1 Å². The summed E-state index contributed by atoms with van der Waals surface area (Å²) in [4.78, 5) is 0.192. The van der Waals surface area contributed by atoms with Gasteiger partial charge in [0.1, 0.15) is 10.6 Å². The van der Waals surface area contributed by atoms with Gasteiger partial charge in [-0.05, 0) is 56.8 Å². The average molecular weight is 409 g/mol. The van der Waals surface area contributed by atoms with Gasteiger partial charge in [0.25, 0.3) is 0 Å². The zero-order chi connectivity index (χ0) is 17.2. The Morgan fingerprint density at radius 3 is 2.48 bits per heavy atom. The van der Waals surface area contributed by atoms with Crippen molar-refractivity contribution in [1.82, 2.24) is 9.62 Å². The van der Waals surface area contributed by atoms with E-state index in [9.17, 15) is 8.42 Å². The lowest BCUT2D eigenvalue weighted by Gasteiger charge is -2.31. The molecular formula is C17H26Cl2N2O3S. The highest BCUT2D eigenvalue weighted by atomic mass is 35.5. The molecule has 0 aromatic heterocycles. The van der Waals surface area contributed by atoms with Crippen LogP contribution >= 0.6 is 24.0 Å². The largest absolute Gasteiger partial charge is 0.492 e. The summed E-state index contributed by atoms with van der Waals surface area (Å²) in [7, 11) is -1.67. The van der Waals surface area contributed by atoms with E-state index in [1.54, 1.807) is 16.4 Å². The molecule has 2 fully saturated rings. The quantitative estimate of drug-likeness (QED) is 0.783. The van der Waals surface area contributed by atoms with E-state index < -0.39 is 10.0 Å². The first-order valence-electron chi connectivity index (χ1n) is 8.60. The zero-order valence-corrected chi connectivity index (χ0v) is 16.8. The lowest BCUT2D eigenvalue weighted by Crippen LogP contribution is -2.43. The van der Waals surface area contributed by atoms with Crippen LogP contribution in [-0.4, -0.2) is 45.5 Å². The van der Waals surface area contributed by atoms with Gasteiger partial charge in [-0.15, -0.1) is 12.4 Å². The molecule has 8 heteroatoms. The first kappa shape index (κ1) is 20.8. The van der Waals surface area contributed by atoms with Crippen molar-refractivity contribution in [3.05, 3.63) is 23.2 Å². The van der Waals surface area contributed by atoms with Gasteiger partial charge in [0, 0.05) is 24.2 Å². The van der Waals surface area contributed by atoms with Gasteiger partial charge in [-0.3, -0.25) is 0 Å². The Bertz CT molecular complexity index is 672. The van der Waals surface area contributed by atoms with Crippen LogP contribution in [0.4, 0.5) is 0 Å². The van der Waals surface area contributed by atoms with Crippen LogP contribution in [0.5, 0.6) is 5.75 Å². The Kier molecular flexibility index (Phi) is 7.40. The third-order valence-corrected chi connectivity index (χ3v) is 7.24.